The van der Waals surface area contributed by atoms with Gasteiger partial charge in [-0.05, 0) is 42.7 Å². The van der Waals surface area contributed by atoms with Crippen LogP contribution in [0, 0.1) is 6.92 Å². The molecule has 1 aromatic carbocycles. The SMILES string of the molecule is Cc1ccc(CNCC2CCCCS2)cc1Br. The molecule has 94 valence electrons. The van der Waals surface area contributed by atoms with Crippen LogP contribution in [0.1, 0.15) is 30.4 Å². The van der Waals surface area contributed by atoms with Crippen LogP contribution in [0.25, 0.3) is 0 Å². The van der Waals surface area contributed by atoms with Gasteiger partial charge in [-0.3, -0.25) is 0 Å². The molecule has 2 rings (SSSR count). The molecule has 0 radical (unpaired) electrons. The largest absolute Gasteiger partial charge is 0.312 e. The molecule has 0 bridgehead atoms. The van der Waals surface area contributed by atoms with Gasteiger partial charge in [-0.15, -0.1) is 0 Å². The molecule has 1 N–H and O–H groups in total. The molecule has 17 heavy (non-hydrogen) atoms. The van der Waals surface area contributed by atoms with Gasteiger partial charge >= 0.3 is 0 Å². The average Bonchev–Trinajstić information content (AvgIpc) is 2.35. The van der Waals surface area contributed by atoms with E-state index in [0.717, 1.165) is 18.3 Å². The van der Waals surface area contributed by atoms with E-state index in [1.54, 1.807) is 0 Å². The lowest BCUT2D eigenvalue weighted by molar-refractivity contribution is 0.598. The summed E-state index contributed by atoms with van der Waals surface area (Å²) >= 11 is 5.71. The van der Waals surface area contributed by atoms with Crippen LogP contribution in [-0.4, -0.2) is 17.5 Å². The van der Waals surface area contributed by atoms with Crippen LogP contribution in [0.3, 0.4) is 0 Å². The van der Waals surface area contributed by atoms with Crippen LogP contribution < -0.4 is 5.32 Å². The zero-order valence-corrected chi connectivity index (χ0v) is 12.7. The molecule has 0 aromatic heterocycles. The molecule has 1 nitrogen and oxygen atoms in total. The van der Waals surface area contributed by atoms with Crippen molar-refractivity contribution in [2.75, 3.05) is 12.3 Å². The summed E-state index contributed by atoms with van der Waals surface area (Å²) in [6.07, 6.45) is 4.21. The molecule has 0 saturated carbocycles. The average molecular weight is 314 g/mol. The smallest absolute Gasteiger partial charge is 0.0207 e. The molecule has 1 unspecified atom stereocenters. The topological polar surface area (TPSA) is 12.0 Å². The van der Waals surface area contributed by atoms with Gasteiger partial charge in [-0.2, -0.15) is 11.8 Å². The molecule has 1 fully saturated rings. The lowest BCUT2D eigenvalue weighted by atomic mass is 10.1. The van der Waals surface area contributed by atoms with Crippen LogP contribution in [0.15, 0.2) is 22.7 Å². The Balaban J connectivity index is 1.75. The van der Waals surface area contributed by atoms with Gasteiger partial charge in [0.15, 0.2) is 0 Å². The summed E-state index contributed by atoms with van der Waals surface area (Å²) in [5, 5.41) is 4.41. The normalized spacial score (nSPS) is 20.5. The van der Waals surface area contributed by atoms with Gasteiger partial charge in [0.1, 0.15) is 0 Å². The Hall–Kier alpha value is 0.01000. The fraction of sp³-hybridized carbons (Fsp3) is 0.571. The minimum Gasteiger partial charge on any atom is -0.312 e. The monoisotopic (exact) mass is 313 g/mol. The third-order valence-electron chi connectivity index (χ3n) is 3.21. The molecule has 1 heterocycles. The number of thioether (sulfide) groups is 1. The Bertz CT molecular complexity index is 361. The Labute approximate surface area is 117 Å². The van der Waals surface area contributed by atoms with Crippen molar-refractivity contribution in [1.82, 2.24) is 5.32 Å². The van der Waals surface area contributed by atoms with E-state index in [1.165, 1.54) is 40.6 Å². The lowest BCUT2D eigenvalue weighted by Gasteiger charge is -2.21. The maximum Gasteiger partial charge on any atom is 0.0207 e. The third kappa shape index (κ3) is 4.31. The molecule has 0 aliphatic carbocycles. The summed E-state index contributed by atoms with van der Waals surface area (Å²) in [7, 11) is 0. The van der Waals surface area contributed by atoms with Crippen molar-refractivity contribution in [1.29, 1.82) is 0 Å². The quantitative estimate of drug-likeness (QED) is 0.897. The minimum atomic E-state index is 0.831. The second-order valence-corrected chi connectivity index (χ2v) is 6.97. The van der Waals surface area contributed by atoms with Crippen molar-refractivity contribution in [2.24, 2.45) is 0 Å². The molecule has 1 atom stereocenters. The van der Waals surface area contributed by atoms with Crippen molar-refractivity contribution in [3.05, 3.63) is 33.8 Å². The van der Waals surface area contributed by atoms with Crippen molar-refractivity contribution in [2.45, 2.75) is 38.0 Å². The molecule has 3 heteroatoms. The van der Waals surface area contributed by atoms with E-state index in [0.29, 0.717) is 0 Å². The predicted octanol–water partition coefficient (Wildman–Crippen LogP) is 4.13. The standard InChI is InChI=1S/C14H20BrNS/c1-11-5-6-12(8-14(11)15)9-16-10-13-4-2-3-7-17-13/h5-6,8,13,16H,2-4,7,9-10H2,1H3. The van der Waals surface area contributed by atoms with E-state index in [4.69, 9.17) is 0 Å². The van der Waals surface area contributed by atoms with Gasteiger partial charge in [0.05, 0.1) is 0 Å². The van der Waals surface area contributed by atoms with Gasteiger partial charge in [0.2, 0.25) is 0 Å². The number of hydrogen-bond donors (Lipinski definition) is 1. The van der Waals surface area contributed by atoms with Crippen LogP contribution >= 0.6 is 27.7 Å². The first-order valence-corrected chi connectivity index (χ1v) is 8.17. The number of nitrogens with one attached hydrogen (secondary N) is 1. The summed E-state index contributed by atoms with van der Waals surface area (Å²) < 4.78 is 1.21. The summed E-state index contributed by atoms with van der Waals surface area (Å²) in [6.45, 7) is 4.26. The first kappa shape index (κ1) is 13.4. The van der Waals surface area contributed by atoms with Crippen LogP contribution in [0.2, 0.25) is 0 Å². The van der Waals surface area contributed by atoms with E-state index in [2.05, 4.69) is 58.1 Å². The second-order valence-electron chi connectivity index (χ2n) is 4.70. The number of halogens is 1. The highest BCUT2D eigenvalue weighted by molar-refractivity contribution is 9.10. The Kier molecular flexibility index (Phi) is 5.39. The Morgan fingerprint density at radius 3 is 3.00 bits per heavy atom. The third-order valence-corrected chi connectivity index (χ3v) is 5.46. The van der Waals surface area contributed by atoms with E-state index >= 15 is 0 Å². The molecule has 1 aliphatic rings. The Morgan fingerprint density at radius 1 is 1.41 bits per heavy atom. The summed E-state index contributed by atoms with van der Waals surface area (Å²) in [6, 6.07) is 6.61. The van der Waals surface area contributed by atoms with Gasteiger partial charge in [-0.25, -0.2) is 0 Å². The first-order valence-electron chi connectivity index (χ1n) is 6.33. The lowest BCUT2D eigenvalue weighted by Crippen LogP contribution is -2.26. The van der Waals surface area contributed by atoms with Crippen LogP contribution in [0.4, 0.5) is 0 Å². The maximum atomic E-state index is 3.58. The zero-order valence-electron chi connectivity index (χ0n) is 10.3. The molecule has 0 spiro atoms. The first-order chi connectivity index (χ1) is 8.25. The van der Waals surface area contributed by atoms with E-state index in [-0.39, 0.29) is 0 Å². The number of hydrogen-bond acceptors (Lipinski definition) is 2. The summed E-state index contributed by atoms with van der Waals surface area (Å²) in [5.74, 6) is 1.35. The molecule has 1 saturated heterocycles. The highest BCUT2D eigenvalue weighted by Gasteiger charge is 2.12. The highest BCUT2D eigenvalue weighted by atomic mass is 79.9. The van der Waals surface area contributed by atoms with Gasteiger partial charge in [0.25, 0.3) is 0 Å². The van der Waals surface area contributed by atoms with Gasteiger partial charge in [0, 0.05) is 22.8 Å². The minimum absolute atomic E-state index is 0.831. The van der Waals surface area contributed by atoms with Crippen LogP contribution in [0.5, 0.6) is 0 Å². The highest BCUT2D eigenvalue weighted by Crippen LogP contribution is 2.24. The fourth-order valence-electron chi connectivity index (χ4n) is 2.09. The molecule has 1 aliphatic heterocycles. The Morgan fingerprint density at radius 2 is 2.29 bits per heavy atom. The van der Waals surface area contributed by atoms with Crippen molar-refractivity contribution in [3.8, 4) is 0 Å². The van der Waals surface area contributed by atoms with Crippen molar-refractivity contribution >= 4 is 27.7 Å². The fourth-order valence-corrected chi connectivity index (χ4v) is 3.79. The molecular formula is C14H20BrNS. The predicted molar refractivity (Wildman–Crippen MR) is 80.7 cm³/mol. The summed E-state index contributed by atoms with van der Waals surface area (Å²) in [4.78, 5) is 0. The molecule has 1 aromatic rings. The zero-order chi connectivity index (χ0) is 12.1. The van der Waals surface area contributed by atoms with E-state index in [9.17, 15) is 0 Å². The van der Waals surface area contributed by atoms with E-state index in [1.807, 2.05) is 0 Å². The van der Waals surface area contributed by atoms with Crippen molar-refractivity contribution in [3.63, 3.8) is 0 Å². The number of benzene rings is 1. The molecular weight excluding hydrogens is 294 g/mol. The van der Waals surface area contributed by atoms with Crippen LogP contribution in [-0.2, 0) is 6.54 Å². The maximum absolute atomic E-state index is 3.58. The summed E-state index contributed by atoms with van der Waals surface area (Å²) in [5.41, 5.74) is 2.67. The second kappa shape index (κ2) is 6.81. The number of aryl methyl sites for hydroxylation is 1. The van der Waals surface area contributed by atoms with Gasteiger partial charge in [-0.1, -0.05) is 34.5 Å². The molecule has 0 amide bonds. The number of rotatable bonds is 4. The van der Waals surface area contributed by atoms with Gasteiger partial charge < -0.3 is 5.32 Å². The van der Waals surface area contributed by atoms with Crippen molar-refractivity contribution < 1.29 is 0 Å². The van der Waals surface area contributed by atoms with E-state index < -0.39 is 0 Å².